The van der Waals surface area contributed by atoms with Crippen molar-refractivity contribution in [3.8, 4) is 16.2 Å². The van der Waals surface area contributed by atoms with Gasteiger partial charge in [0, 0.05) is 13.0 Å². The molecule has 1 N–H and O–H groups in total. The van der Waals surface area contributed by atoms with E-state index in [1.807, 2.05) is 58.0 Å². The Morgan fingerprint density at radius 2 is 2.00 bits per heavy atom. The molecule has 1 unspecified atom stereocenters. The summed E-state index contributed by atoms with van der Waals surface area (Å²) < 4.78 is 11.9. The van der Waals surface area contributed by atoms with Crippen molar-refractivity contribution < 1.29 is 19.1 Å². The Balaban J connectivity index is 1.31. The van der Waals surface area contributed by atoms with Gasteiger partial charge < -0.3 is 19.7 Å². The summed E-state index contributed by atoms with van der Waals surface area (Å²) in [6, 6.07) is 13.7. The summed E-state index contributed by atoms with van der Waals surface area (Å²) in [4.78, 5) is 33.6. The molecule has 1 atom stereocenters. The van der Waals surface area contributed by atoms with Gasteiger partial charge in [0.25, 0.3) is 11.8 Å². The van der Waals surface area contributed by atoms with Crippen LogP contribution in [0.15, 0.2) is 42.5 Å². The molecule has 3 heterocycles. The Kier molecular flexibility index (Phi) is 6.11. The highest BCUT2D eigenvalue weighted by Gasteiger charge is 2.35. The van der Waals surface area contributed by atoms with E-state index >= 15 is 0 Å². The third-order valence-corrected chi connectivity index (χ3v) is 7.26. The van der Waals surface area contributed by atoms with E-state index in [4.69, 9.17) is 9.47 Å². The van der Waals surface area contributed by atoms with E-state index in [1.165, 1.54) is 11.3 Å². The second-order valence-electron chi connectivity index (χ2n) is 9.65. The summed E-state index contributed by atoms with van der Waals surface area (Å²) in [5.74, 6) is 0.205. The summed E-state index contributed by atoms with van der Waals surface area (Å²) in [6.07, 6.45) is 0.196. The molecule has 35 heavy (non-hydrogen) atoms. The lowest BCUT2D eigenvalue weighted by Gasteiger charge is -2.23. The van der Waals surface area contributed by atoms with E-state index in [1.54, 1.807) is 11.0 Å². The number of amides is 2. The standard InChI is InChI=1S/C27H29N3O4S/c1-16-7-5-8-18(13-16)24-22(29-17(2)35-24)26(32)30-11-12-33-21(30)15-28-25(31)20-10-6-9-19-14-27(3,4)34-23(19)20/h5-10,13,21H,11-12,14-15H2,1-4H3,(H,28,31). The van der Waals surface area contributed by atoms with Crippen LogP contribution in [0.1, 0.15) is 50.8 Å². The molecule has 5 rings (SSSR count). The molecule has 0 spiro atoms. The van der Waals surface area contributed by atoms with Crippen LogP contribution in [0, 0.1) is 13.8 Å². The monoisotopic (exact) mass is 491 g/mol. The van der Waals surface area contributed by atoms with Crippen LogP contribution < -0.4 is 10.1 Å². The molecule has 0 radical (unpaired) electrons. The number of carbonyl (C=O) groups excluding carboxylic acids is 2. The van der Waals surface area contributed by atoms with Gasteiger partial charge in [-0.15, -0.1) is 11.3 Å². The van der Waals surface area contributed by atoms with E-state index in [0.717, 1.165) is 33.0 Å². The van der Waals surface area contributed by atoms with Crippen molar-refractivity contribution >= 4 is 23.2 Å². The Bertz CT molecular complexity index is 1300. The lowest BCUT2D eigenvalue weighted by molar-refractivity contribution is 0.0276. The maximum Gasteiger partial charge on any atom is 0.276 e. The summed E-state index contributed by atoms with van der Waals surface area (Å²) in [6.45, 7) is 8.99. The van der Waals surface area contributed by atoms with Gasteiger partial charge in [-0.2, -0.15) is 0 Å². The smallest absolute Gasteiger partial charge is 0.276 e. The van der Waals surface area contributed by atoms with Crippen molar-refractivity contribution in [2.45, 2.75) is 45.9 Å². The minimum atomic E-state index is -0.562. The number of carbonyl (C=O) groups is 2. The van der Waals surface area contributed by atoms with Gasteiger partial charge in [0.05, 0.1) is 28.6 Å². The van der Waals surface area contributed by atoms with Crippen LogP contribution in [0.2, 0.25) is 0 Å². The van der Waals surface area contributed by atoms with Crippen LogP contribution in [0.5, 0.6) is 5.75 Å². The van der Waals surface area contributed by atoms with Crippen LogP contribution in [-0.4, -0.2) is 53.2 Å². The lowest BCUT2D eigenvalue weighted by atomic mass is 10.0. The summed E-state index contributed by atoms with van der Waals surface area (Å²) in [7, 11) is 0. The van der Waals surface area contributed by atoms with Gasteiger partial charge in [0.2, 0.25) is 0 Å². The lowest BCUT2D eigenvalue weighted by Crippen LogP contribution is -2.44. The van der Waals surface area contributed by atoms with Crippen molar-refractivity contribution in [2.24, 2.45) is 0 Å². The Labute approximate surface area is 209 Å². The van der Waals surface area contributed by atoms with Gasteiger partial charge >= 0.3 is 0 Å². The molecule has 2 amide bonds. The molecular weight excluding hydrogens is 462 g/mol. The van der Waals surface area contributed by atoms with Crippen LogP contribution >= 0.6 is 11.3 Å². The van der Waals surface area contributed by atoms with Gasteiger partial charge in [-0.1, -0.05) is 42.0 Å². The summed E-state index contributed by atoms with van der Waals surface area (Å²) in [5, 5.41) is 3.77. The van der Waals surface area contributed by atoms with Crippen LogP contribution in [0.3, 0.4) is 0 Å². The molecule has 2 aliphatic heterocycles. The normalized spacial score (nSPS) is 18.3. The number of hydrogen-bond donors (Lipinski definition) is 1. The number of para-hydroxylation sites is 1. The average molecular weight is 492 g/mol. The number of nitrogens with one attached hydrogen (secondary N) is 1. The van der Waals surface area contributed by atoms with Crippen LogP contribution in [-0.2, 0) is 11.2 Å². The van der Waals surface area contributed by atoms with Crippen molar-refractivity contribution in [3.05, 3.63) is 69.9 Å². The first-order valence-corrected chi connectivity index (χ1v) is 12.6. The molecule has 1 aromatic heterocycles. The molecule has 182 valence electrons. The predicted molar refractivity (Wildman–Crippen MR) is 135 cm³/mol. The molecule has 0 bridgehead atoms. The largest absolute Gasteiger partial charge is 0.486 e. The topological polar surface area (TPSA) is 80.8 Å². The number of nitrogens with zero attached hydrogens (tertiary/aromatic N) is 2. The first-order chi connectivity index (χ1) is 16.7. The zero-order chi connectivity index (χ0) is 24.7. The van der Waals surface area contributed by atoms with E-state index in [-0.39, 0.29) is 24.0 Å². The molecule has 2 aliphatic rings. The van der Waals surface area contributed by atoms with Gasteiger partial charge in [-0.25, -0.2) is 4.98 Å². The number of fused-ring (bicyclic) bond motifs is 1. The number of aryl methyl sites for hydroxylation is 2. The Hall–Kier alpha value is -3.23. The first-order valence-electron chi connectivity index (χ1n) is 11.8. The molecular formula is C27H29N3O4S. The quantitative estimate of drug-likeness (QED) is 0.573. The molecule has 0 saturated carbocycles. The highest BCUT2D eigenvalue weighted by molar-refractivity contribution is 7.15. The fraction of sp³-hybridized carbons (Fsp3) is 0.370. The molecule has 7 nitrogen and oxygen atoms in total. The number of rotatable bonds is 5. The Morgan fingerprint density at radius 3 is 2.80 bits per heavy atom. The number of hydrogen-bond acceptors (Lipinski definition) is 6. The van der Waals surface area contributed by atoms with Gasteiger partial charge in [-0.05, 0) is 44.9 Å². The third kappa shape index (κ3) is 4.68. The van der Waals surface area contributed by atoms with Crippen molar-refractivity contribution in [2.75, 3.05) is 19.7 Å². The predicted octanol–water partition coefficient (Wildman–Crippen LogP) is 4.37. The van der Waals surface area contributed by atoms with Crippen molar-refractivity contribution in [3.63, 3.8) is 0 Å². The zero-order valence-corrected chi connectivity index (χ0v) is 21.2. The van der Waals surface area contributed by atoms with Crippen LogP contribution in [0.4, 0.5) is 0 Å². The average Bonchev–Trinajstić information content (AvgIpc) is 3.52. The maximum atomic E-state index is 13.5. The third-order valence-electron chi connectivity index (χ3n) is 6.24. The number of thiazole rings is 1. The van der Waals surface area contributed by atoms with Crippen LogP contribution in [0.25, 0.3) is 10.4 Å². The SMILES string of the molecule is Cc1cccc(-c2sc(C)nc2C(=O)N2CCOC2CNC(=O)c2cccc3c2OC(C)(C)C3)c1. The molecule has 3 aromatic rings. The van der Waals surface area contributed by atoms with E-state index in [9.17, 15) is 9.59 Å². The number of ether oxygens (including phenoxy) is 2. The van der Waals surface area contributed by atoms with Gasteiger partial charge in [0.15, 0.2) is 0 Å². The molecule has 8 heteroatoms. The number of aromatic nitrogens is 1. The zero-order valence-electron chi connectivity index (χ0n) is 20.4. The fourth-order valence-corrected chi connectivity index (χ4v) is 5.59. The minimum Gasteiger partial charge on any atom is -0.486 e. The summed E-state index contributed by atoms with van der Waals surface area (Å²) >= 11 is 1.51. The number of benzene rings is 2. The van der Waals surface area contributed by atoms with Gasteiger partial charge in [-0.3, -0.25) is 9.59 Å². The molecule has 0 aliphatic carbocycles. The first kappa shape index (κ1) is 23.5. The van der Waals surface area contributed by atoms with E-state index < -0.39 is 6.23 Å². The Morgan fingerprint density at radius 1 is 1.20 bits per heavy atom. The molecule has 1 saturated heterocycles. The molecule has 1 fully saturated rings. The van der Waals surface area contributed by atoms with Gasteiger partial charge in [0.1, 0.15) is 23.3 Å². The maximum absolute atomic E-state index is 13.5. The molecule has 2 aromatic carbocycles. The highest BCUT2D eigenvalue weighted by atomic mass is 32.1. The van der Waals surface area contributed by atoms with E-state index in [2.05, 4.69) is 16.4 Å². The van der Waals surface area contributed by atoms with E-state index in [0.29, 0.717) is 30.2 Å². The van der Waals surface area contributed by atoms with Crippen molar-refractivity contribution in [1.29, 1.82) is 0 Å². The minimum absolute atomic E-state index is 0.181. The van der Waals surface area contributed by atoms with Crippen molar-refractivity contribution in [1.82, 2.24) is 15.2 Å². The fourth-order valence-electron chi connectivity index (χ4n) is 4.68. The second-order valence-corrected chi connectivity index (χ2v) is 10.8. The summed E-state index contributed by atoms with van der Waals surface area (Å²) in [5.41, 5.74) is 3.72. The highest BCUT2D eigenvalue weighted by Crippen LogP contribution is 2.37. The second kappa shape index (κ2) is 9.09.